The second-order valence-electron chi connectivity index (χ2n) is 5.79. The number of nitrogens with zero attached hydrogens (tertiary/aromatic N) is 2. The van der Waals surface area contributed by atoms with E-state index in [0.717, 1.165) is 29.7 Å². The van der Waals surface area contributed by atoms with Gasteiger partial charge in [0.1, 0.15) is 4.34 Å². The summed E-state index contributed by atoms with van der Waals surface area (Å²) in [6.07, 6.45) is 4.62. The van der Waals surface area contributed by atoms with Crippen LogP contribution in [0.5, 0.6) is 0 Å². The summed E-state index contributed by atoms with van der Waals surface area (Å²) in [5.41, 5.74) is 3.84. The molecule has 0 radical (unpaired) electrons. The molecule has 2 heterocycles. The fourth-order valence-corrected chi connectivity index (χ4v) is 4.37. The van der Waals surface area contributed by atoms with Gasteiger partial charge in [0.15, 0.2) is 0 Å². The van der Waals surface area contributed by atoms with Gasteiger partial charge in [-0.1, -0.05) is 34.4 Å². The largest absolute Gasteiger partial charge is 0.403 e. The van der Waals surface area contributed by atoms with E-state index in [4.69, 9.17) is 27.6 Å². The van der Waals surface area contributed by atoms with Crippen molar-refractivity contribution < 1.29 is 9.21 Å². The van der Waals surface area contributed by atoms with E-state index < -0.39 is 5.91 Å². The highest BCUT2D eigenvalue weighted by Gasteiger charge is 2.18. The molecule has 0 saturated heterocycles. The molecular weight excluding hydrogens is 381 g/mol. The van der Waals surface area contributed by atoms with Crippen LogP contribution in [0.4, 0.5) is 6.01 Å². The van der Waals surface area contributed by atoms with Crippen molar-refractivity contribution in [2.45, 2.75) is 25.7 Å². The summed E-state index contributed by atoms with van der Waals surface area (Å²) in [7, 11) is 0. The third kappa shape index (κ3) is 3.42. The molecule has 1 N–H and O–H groups in total. The average molecular weight is 394 g/mol. The topological polar surface area (TPSA) is 68.0 Å². The molecule has 128 valence electrons. The van der Waals surface area contributed by atoms with Crippen LogP contribution >= 0.6 is 34.5 Å². The number of benzene rings is 1. The SMILES string of the molecule is O=C(Nc1nnc(-c2ccc3c(c2)CCCC3)o1)c1cc(Cl)sc1Cl. The smallest absolute Gasteiger partial charge is 0.322 e. The van der Waals surface area contributed by atoms with Crippen molar-refractivity contribution in [1.82, 2.24) is 10.2 Å². The molecule has 5 nitrogen and oxygen atoms in total. The van der Waals surface area contributed by atoms with Crippen LogP contribution in [0.15, 0.2) is 28.7 Å². The first-order valence-corrected chi connectivity index (χ1v) is 9.39. The van der Waals surface area contributed by atoms with Crippen LogP contribution < -0.4 is 5.32 Å². The molecule has 1 aliphatic rings. The van der Waals surface area contributed by atoms with Gasteiger partial charge in [-0.2, -0.15) is 0 Å². The average Bonchev–Trinajstić information content (AvgIpc) is 3.20. The highest BCUT2D eigenvalue weighted by molar-refractivity contribution is 7.20. The lowest BCUT2D eigenvalue weighted by Gasteiger charge is -2.15. The van der Waals surface area contributed by atoms with Crippen molar-refractivity contribution in [3.63, 3.8) is 0 Å². The summed E-state index contributed by atoms with van der Waals surface area (Å²) in [5, 5.41) is 10.5. The fourth-order valence-electron chi connectivity index (χ4n) is 2.92. The number of carbonyl (C=O) groups excluding carboxylic acids is 1. The Morgan fingerprint density at radius 1 is 1.12 bits per heavy atom. The molecule has 0 bridgehead atoms. The first-order valence-electron chi connectivity index (χ1n) is 7.82. The van der Waals surface area contributed by atoms with Crippen molar-refractivity contribution in [3.05, 3.63) is 49.6 Å². The summed E-state index contributed by atoms with van der Waals surface area (Å²) in [6, 6.07) is 7.70. The Morgan fingerprint density at radius 2 is 1.92 bits per heavy atom. The molecule has 25 heavy (non-hydrogen) atoms. The Labute approximate surface area is 158 Å². The number of nitrogens with one attached hydrogen (secondary N) is 1. The first kappa shape index (κ1) is 16.6. The quantitative estimate of drug-likeness (QED) is 0.660. The number of rotatable bonds is 3. The Hall–Kier alpha value is -1.89. The molecule has 1 amide bonds. The maximum Gasteiger partial charge on any atom is 0.322 e. The van der Waals surface area contributed by atoms with Crippen molar-refractivity contribution in [2.75, 3.05) is 5.32 Å². The van der Waals surface area contributed by atoms with Crippen LogP contribution in [0, 0.1) is 0 Å². The zero-order valence-corrected chi connectivity index (χ0v) is 15.3. The van der Waals surface area contributed by atoms with Crippen LogP contribution in [0.2, 0.25) is 8.67 Å². The zero-order valence-electron chi connectivity index (χ0n) is 13.0. The molecule has 0 spiro atoms. The van der Waals surface area contributed by atoms with Gasteiger partial charge in [-0.15, -0.1) is 16.4 Å². The summed E-state index contributed by atoms with van der Waals surface area (Å²) < 4.78 is 6.33. The molecule has 0 aliphatic heterocycles. The van der Waals surface area contributed by atoms with E-state index in [1.807, 2.05) is 6.07 Å². The van der Waals surface area contributed by atoms with Gasteiger partial charge in [0, 0.05) is 5.56 Å². The fraction of sp³-hybridized carbons (Fsp3) is 0.235. The van der Waals surface area contributed by atoms with Gasteiger partial charge in [-0.05, 0) is 55.0 Å². The number of thiophene rings is 1. The number of carbonyl (C=O) groups is 1. The van der Waals surface area contributed by atoms with E-state index in [9.17, 15) is 4.79 Å². The molecular formula is C17H13Cl2N3O2S. The zero-order chi connectivity index (χ0) is 17.4. The number of fused-ring (bicyclic) bond motifs is 1. The molecule has 4 rings (SSSR count). The lowest BCUT2D eigenvalue weighted by atomic mass is 9.90. The summed E-state index contributed by atoms with van der Waals surface area (Å²) >= 11 is 13.0. The van der Waals surface area contributed by atoms with Gasteiger partial charge in [0.25, 0.3) is 5.91 Å². The first-order chi connectivity index (χ1) is 12.1. The molecule has 1 aliphatic carbocycles. The molecule has 0 atom stereocenters. The monoisotopic (exact) mass is 393 g/mol. The number of halogens is 2. The molecule has 8 heteroatoms. The number of amides is 1. The number of aryl methyl sites for hydroxylation is 2. The molecule has 3 aromatic rings. The summed E-state index contributed by atoms with van der Waals surface area (Å²) in [5.74, 6) is -0.0630. The predicted molar refractivity (Wildman–Crippen MR) is 98.7 cm³/mol. The number of aromatic nitrogens is 2. The second kappa shape index (κ2) is 6.78. The van der Waals surface area contributed by atoms with E-state index in [1.165, 1.54) is 30.0 Å². The van der Waals surface area contributed by atoms with Gasteiger partial charge in [-0.3, -0.25) is 10.1 Å². The molecule has 0 fully saturated rings. The van der Waals surface area contributed by atoms with Crippen molar-refractivity contribution in [2.24, 2.45) is 0 Å². The van der Waals surface area contributed by atoms with Crippen LogP contribution in [0.3, 0.4) is 0 Å². The highest BCUT2D eigenvalue weighted by Crippen LogP contribution is 2.32. The van der Waals surface area contributed by atoms with Gasteiger partial charge < -0.3 is 4.42 Å². The van der Waals surface area contributed by atoms with Crippen molar-refractivity contribution in [3.8, 4) is 11.5 Å². The Kier molecular flexibility index (Phi) is 4.50. The van der Waals surface area contributed by atoms with E-state index in [2.05, 4.69) is 27.6 Å². The van der Waals surface area contributed by atoms with Crippen LogP contribution in [-0.2, 0) is 12.8 Å². The lowest BCUT2D eigenvalue weighted by molar-refractivity contribution is 0.102. The Morgan fingerprint density at radius 3 is 2.68 bits per heavy atom. The van der Waals surface area contributed by atoms with E-state index in [0.29, 0.717) is 14.6 Å². The predicted octanol–water partition coefficient (Wildman–Crippen LogP) is 5.24. The Balaban J connectivity index is 1.54. The number of anilines is 1. The molecule has 0 saturated carbocycles. The summed E-state index contributed by atoms with van der Waals surface area (Å²) in [6.45, 7) is 0. The minimum Gasteiger partial charge on any atom is -0.403 e. The van der Waals surface area contributed by atoms with Gasteiger partial charge in [-0.25, -0.2) is 0 Å². The van der Waals surface area contributed by atoms with Gasteiger partial charge in [0.05, 0.1) is 9.90 Å². The number of hydrogen-bond acceptors (Lipinski definition) is 5. The van der Waals surface area contributed by atoms with Crippen LogP contribution in [0.1, 0.15) is 34.3 Å². The molecule has 0 unspecified atom stereocenters. The Bertz CT molecular complexity index is 951. The van der Waals surface area contributed by atoms with Gasteiger partial charge >= 0.3 is 6.01 Å². The normalized spacial score (nSPS) is 13.5. The summed E-state index contributed by atoms with van der Waals surface area (Å²) in [4.78, 5) is 12.2. The second-order valence-corrected chi connectivity index (χ2v) is 8.08. The van der Waals surface area contributed by atoms with Crippen LogP contribution in [-0.4, -0.2) is 16.1 Å². The van der Waals surface area contributed by atoms with E-state index >= 15 is 0 Å². The van der Waals surface area contributed by atoms with Gasteiger partial charge in [0.2, 0.25) is 5.89 Å². The van der Waals surface area contributed by atoms with Crippen molar-refractivity contribution in [1.29, 1.82) is 0 Å². The number of hydrogen-bond donors (Lipinski definition) is 1. The highest BCUT2D eigenvalue weighted by atomic mass is 35.5. The lowest BCUT2D eigenvalue weighted by Crippen LogP contribution is -2.11. The van der Waals surface area contributed by atoms with Crippen molar-refractivity contribution >= 4 is 46.5 Å². The maximum absolute atomic E-state index is 12.2. The molecule has 2 aromatic heterocycles. The minimum atomic E-state index is -0.436. The maximum atomic E-state index is 12.2. The standard InChI is InChI=1S/C17H13Cl2N3O2S/c18-13-8-12(14(19)25-13)15(23)20-17-22-21-16(24-17)11-6-5-9-3-1-2-4-10(9)7-11/h5-8H,1-4H2,(H,20,22,23). The minimum absolute atomic E-state index is 0.0242. The third-order valence-corrected chi connectivity index (χ3v) is 5.63. The van der Waals surface area contributed by atoms with E-state index in [-0.39, 0.29) is 11.6 Å². The van der Waals surface area contributed by atoms with Crippen LogP contribution in [0.25, 0.3) is 11.5 Å². The molecule has 1 aromatic carbocycles. The van der Waals surface area contributed by atoms with E-state index in [1.54, 1.807) is 0 Å². The third-order valence-electron chi connectivity index (χ3n) is 4.14.